The van der Waals surface area contributed by atoms with E-state index in [1.54, 1.807) is 13.8 Å². The van der Waals surface area contributed by atoms with Gasteiger partial charge in [0.05, 0.1) is 13.2 Å². The van der Waals surface area contributed by atoms with Crippen LogP contribution >= 0.6 is 23.5 Å². The summed E-state index contributed by atoms with van der Waals surface area (Å²) in [5.41, 5.74) is -0.476. The molecule has 1 aromatic rings. The van der Waals surface area contributed by atoms with E-state index < -0.39 is 40.9 Å². The Morgan fingerprint density at radius 3 is 1.93 bits per heavy atom. The molecule has 0 amide bonds. The van der Waals surface area contributed by atoms with Crippen LogP contribution in [-0.4, -0.2) is 52.3 Å². The number of hydrogen-bond donors (Lipinski definition) is 7. The SMILES string of the molecule is Cc1cn(C(C)OCCO)c(=O)[nH]c1=O.O=P(O)(O)OP(=O)(O)OP(=O)(O)O. The minimum absolute atomic E-state index is 0.110. The Bertz CT molecular complexity index is 868. The molecule has 0 radical (unpaired) electrons. The lowest BCUT2D eigenvalue weighted by atomic mass is 10.4. The molecule has 0 aliphatic heterocycles. The number of aromatic nitrogens is 2. The quantitative estimate of drug-likeness (QED) is 0.217. The van der Waals surface area contributed by atoms with Crippen molar-refractivity contribution in [3.63, 3.8) is 0 Å². The van der Waals surface area contributed by atoms with Crippen molar-refractivity contribution in [1.82, 2.24) is 9.55 Å². The highest BCUT2D eigenvalue weighted by molar-refractivity contribution is 7.66. The van der Waals surface area contributed by atoms with E-state index in [1.807, 2.05) is 0 Å². The molecule has 0 bridgehead atoms. The standard InChI is InChI=1S/C9H14N2O4.H5O10P3/c1-6-5-11(7(2)15-4-3-12)9(14)10-8(6)13;1-11(2,3)9-13(7,8)10-12(4,5)6/h5,7,12H,3-4H2,1-2H3,(H,10,13,14);(H,7,8)(H2,1,2,3)(H2,4,5,6). The average molecular weight is 472 g/mol. The molecule has 0 aromatic carbocycles. The molecule has 19 heteroatoms. The van der Waals surface area contributed by atoms with Crippen LogP contribution in [-0.2, 0) is 27.1 Å². The summed E-state index contributed by atoms with van der Waals surface area (Å²) in [4.78, 5) is 64.8. The second-order valence-electron chi connectivity index (χ2n) is 4.79. The number of aromatic amines is 1. The fourth-order valence-corrected chi connectivity index (χ4v) is 3.98. The number of aliphatic hydroxyl groups is 1. The summed E-state index contributed by atoms with van der Waals surface area (Å²) >= 11 is 0. The molecule has 164 valence electrons. The fourth-order valence-electron chi connectivity index (χ4n) is 1.44. The number of hydrogen-bond acceptors (Lipinski definition) is 9. The van der Waals surface area contributed by atoms with Gasteiger partial charge in [0.15, 0.2) is 0 Å². The predicted molar refractivity (Wildman–Crippen MR) is 89.9 cm³/mol. The lowest BCUT2D eigenvalue weighted by molar-refractivity contribution is -0.00581. The summed E-state index contributed by atoms with van der Waals surface area (Å²) in [6, 6.07) is 0. The topological polar surface area (TPSA) is 255 Å². The van der Waals surface area contributed by atoms with E-state index in [0.717, 1.165) is 0 Å². The third-order valence-electron chi connectivity index (χ3n) is 2.41. The van der Waals surface area contributed by atoms with E-state index in [0.29, 0.717) is 5.56 Å². The first-order chi connectivity index (χ1) is 12.5. The van der Waals surface area contributed by atoms with Gasteiger partial charge in [-0.3, -0.25) is 14.3 Å². The average Bonchev–Trinajstić information content (AvgIpc) is 2.44. The molecule has 7 N–H and O–H groups in total. The lowest BCUT2D eigenvalue weighted by Gasteiger charge is -2.15. The smallest absolute Gasteiger partial charge is 0.394 e. The van der Waals surface area contributed by atoms with Crippen LogP contribution in [0.1, 0.15) is 18.7 Å². The van der Waals surface area contributed by atoms with E-state index >= 15 is 0 Å². The van der Waals surface area contributed by atoms with E-state index in [-0.39, 0.29) is 13.2 Å². The molecule has 0 aliphatic rings. The van der Waals surface area contributed by atoms with Crippen LogP contribution in [0.25, 0.3) is 0 Å². The highest BCUT2D eigenvalue weighted by atomic mass is 31.3. The summed E-state index contributed by atoms with van der Waals surface area (Å²) in [5, 5.41) is 8.56. The van der Waals surface area contributed by atoms with Gasteiger partial charge in [-0.1, -0.05) is 0 Å². The lowest BCUT2D eigenvalue weighted by Crippen LogP contribution is -2.33. The van der Waals surface area contributed by atoms with Gasteiger partial charge in [-0.15, -0.1) is 0 Å². The predicted octanol–water partition coefficient (Wildman–Crippen LogP) is -1.32. The highest BCUT2D eigenvalue weighted by Gasteiger charge is 2.38. The van der Waals surface area contributed by atoms with Crippen molar-refractivity contribution < 1.29 is 56.6 Å². The molecule has 1 atom stereocenters. The number of aliphatic hydroxyl groups excluding tert-OH is 1. The second kappa shape index (κ2) is 10.7. The summed E-state index contributed by atoms with van der Waals surface area (Å²) in [6.07, 6.45) is 0.920. The van der Waals surface area contributed by atoms with Crippen LogP contribution in [0.5, 0.6) is 0 Å². The number of nitrogens with one attached hydrogen (secondary N) is 1. The Kier molecular flexibility index (Phi) is 10.3. The molecule has 1 unspecified atom stereocenters. The Morgan fingerprint density at radius 1 is 1.07 bits per heavy atom. The fraction of sp³-hybridized carbons (Fsp3) is 0.556. The van der Waals surface area contributed by atoms with E-state index in [9.17, 15) is 23.3 Å². The molecule has 1 heterocycles. The van der Waals surface area contributed by atoms with Gasteiger partial charge >= 0.3 is 29.2 Å². The maximum absolute atomic E-state index is 11.4. The van der Waals surface area contributed by atoms with Crippen molar-refractivity contribution in [3.05, 3.63) is 32.6 Å². The maximum Gasteiger partial charge on any atom is 0.490 e. The summed E-state index contributed by atoms with van der Waals surface area (Å²) in [5.74, 6) is 0. The van der Waals surface area contributed by atoms with Crippen LogP contribution in [0.2, 0.25) is 0 Å². The summed E-state index contributed by atoms with van der Waals surface area (Å²) < 4.78 is 42.8. The number of rotatable bonds is 8. The van der Waals surface area contributed by atoms with Crippen LogP contribution in [0, 0.1) is 6.92 Å². The van der Waals surface area contributed by atoms with Crippen LogP contribution < -0.4 is 11.2 Å². The minimum atomic E-state index is -5.46. The second-order valence-corrected chi connectivity index (χ2v) is 8.99. The Labute approximate surface area is 156 Å². The van der Waals surface area contributed by atoms with Gasteiger partial charge in [0.2, 0.25) is 0 Å². The largest absolute Gasteiger partial charge is 0.490 e. The molecule has 0 saturated carbocycles. The Balaban J connectivity index is 0.000000528. The van der Waals surface area contributed by atoms with Crippen LogP contribution in [0.15, 0.2) is 15.8 Å². The van der Waals surface area contributed by atoms with Crippen molar-refractivity contribution in [3.8, 4) is 0 Å². The van der Waals surface area contributed by atoms with Gasteiger partial charge in [-0.2, -0.15) is 8.62 Å². The molecular weight excluding hydrogens is 453 g/mol. The summed E-state index contributed by atoms with van der Waals surface area (Å²) in [6.45, 7) is 3.30. The Morgan fingerprint density at radius 2 is 1.54 bits per heavy atom. The molecule has 0 fully saturated rings. The molecule has 1 aromatic heterocycles. The van der Waals surface area contributed by atoms with Crippen LogP contribution in [0.4, 0.5) is 0 Å². The molecule has 0 saturated heterocycles. The number of H-pyrrole nitrogens is 1. The van der Waals surface area contributed by atoms with Crippen molar-refractivity contribution in [2.24, 2.45) is 0 Å². The highest BCUT2D eigenvalue weighted by Crippen LogP contribution is 2.64. The molecule has 0 aliphatic carbocycles. The number of nitrogens with zero attached hydrogens (tertiary/aromatic N) is 1. The maximum atomic E-state index is 11.4. The molecule has 16 nitrogen and oxygen atoms in total. The zero-order valence-corrected chi connectivity index (χ0v) is 17.0. The first-order valence-electron chi connectivity index (χ1n) is 6.88. The van der Waals surface area contributed by atoms with Gasteiger partial charge in [0, 0.05) is 11.8 Å². The molecule has 28 heavy (non-hydrogen) atoms. The monoisotopic (exact) mass is 472 g/mol. The van der Waals surface area contributed by atoms with Crippen LogP contribution in [0.3, 0.4) is 0 Å². The Hall–Kier alpha value is -0.990. The molecular formula is C9H19N2O14P3. The van der Waals surface area contributed by atoms with Gasteiger partial charge < -0.3 is 34.3 Å². The summed E-state index contributed by atoms with van der Waals surface area (Å²) in [7, 11) is -16.2. The zero-order valence-electron chi connectivity index (χ0n) is 14.3. The zero-order chi connectivity index (χ0) is 22.3. The third kappa shape index (κ3) is 11.8. The van der Waals surface area contributed by atoms with Gasteiger partial charge in [-0.25, -0.2) is 18.5 Å². The van der Waals surface area contributed by atoms with Crippen molar-refractivity contribution in [2.45, 2.75) is 20.1 Å². The number of phosphoric acid groups is 3. The molecule has 0 spiro atoms. The minimum Gasteiger partial charge on any atom is -0.394 e. The van der Waals surface area contributed by atoms with Gasteiger partial charge in [-0.05, 0) is 13.8 Å². The van der Waals surface area contributed by atoms with Gasteiger partial charge in [0.25, 0.3) is 5.56 Å². The van der Waals surface area contributed by atoms with Crippen molar-refractivity contribution in [2.75, 3.05) is 13.2 Å². The first kappa shape index (κ1) is 27.0. The number of ether oxygens (including phenoxy) is 1. The van der Waals surface area contributed by atoms with Gasteiger partial charge in [0.1, 0.15) is 6.23 Å². The number of aryl methyl sites for hydroxylation is 1. The normalized spacial score (nSPS) is 13.6. The van der Waals surface area contributed by atoms with Crippen molar-refractivity contribution in [1.29, 1.82) is 0 Å². The van der Waals surface area contributed by atoms with E-state index in [2.05, 4.69) is 13.6 Å². The molecule has 1 rings (SSSR count). The third-order valence-corrected chi connectivity index (χ3v) is 5.76. The van der Waals surface area contributed by atoms with E-state index in [4.69, 9.17) is 34.3 Å². The van der Waals surface area contributed by atoms with Crippen molar-refractivity contribution >= 4 is 23.5 Å². The first-order valence-corrected chi connectivity index (χ1v) is 11.4. The van der Waals surface area contributed by atoms with E-state index in [1.165, 1.54) is 10.8 Å².